The van der Waals surface area contributed by atoms with E-state index in [1.165, 1.54) is 16.7 Å². The van der Waals surface area contributed by atoms with E-state index >= 15 is 0 Å². The van der Waals surface area contributed by atoms with Crippen LogP contribution in [0.5, 0.6) is 0 Å². The van der Waals surface area contributed by atoms with Gasteiger partial charge in [0.15, 0.2) is 6.10 Å². The molecule has 10 heteroatoms. The molecule has 3 aromatic rings. The number of allylic oxidation sites excluding steroid dienone is 1. The maximum absolute atomic E-state index is 14.0. The summed E-state index contributed by atoms with van der Waals surface area (Å²) in [5, 5.41) is 12.0. The zero-order valence-electron chi connectivity index (χ0n) is 24.8. The Morgan fingerprint density at radius 3 is 1.89 bits per heavy atom. The zero-order chi connectivity index (χ0) is 31.6. The van der Waals surface area contributed by atoms with Crippen molar-refractivity contribution in [2.45, 2.75) is 50.8 Å². The summed E-state index contributed by atoms with van der Waals surface area (Å²) in [6, 6.07) is 27.1. The number of esters is 1. The van der Waals surface area contributed by atoms with Gasteiger partial charge in [-0.25, -0.2) is 4.79 Å². The van der Waals surface area contributed by atoms with Crippen LogP contribution >= 0.6 is 11.8 Å². The van der Waals surface area contributed by atoms with Crippen molar-refractivity contribution in [2.24, 2.45) is 0 Å². The summed E-state index contributed by atoms with van der Waals surface area (Å²) in [6.45, 7) is 5.17. The topological polar surface area (TPSA) is 122 Å². The maximum Gasteiger partial charge on any atom is 0.352 e. The summed E-state index contributed by atoms with van der Waals surface area (Å²) in [5.74, 6) is -2.49. The van der Waals surface area contributed by atoms with Crippen LogP contribution in [0.2, 0.25) is 0 Å². The third kappa shape index (κ3) is 7.75. The Morgan fingerprint density at radius 1 is 0.886 bits per heavy atom. The van der Waals surface area contributed by atoms with Gasteiger partial charge in [-0.1, -0.05) is 91.0 Å². The molecule has 1 heterocycles. The smallest absolute Gasteiger partial charge is 0.352 e. The van der Waals surface area contributed by atoms with Crippen molar-refractivity contribution in [1.82, 2.24) is 10.2 Å². The first kappa shape index (κ1) is 32.5. The predicted molar refractivity (Wildman–Crippen MR) is 167 cm³/mol. The molecule has 1 aliphatic rings. The summed E-state index contributed by atoms with van der Waals surface area (Å²) < 4.78 is 11.6. The Morgan fingerprint density at radius 2 is 1.41 bits per heavy atom. The van der Waals surface area contributed by atoms with Crippen molar-refractivity contribution in [2.75, 3.05) is 12.4 Å². The van der Waals surface area contributed by atoms with Crippen LogP contribution in [-0.4, -0.2) is 57.5 Å². The van der Waals surface area contributed by atoms with Crippen LogP contribution in [-0.2, 0) is 28.7 Å². The molecule has 44 heavy (non-hydrogen) atoms. The number of rotatable bonds is 14. The second-order valence-corrected chi connectivity index (χ2v) is 11.5. The van der Waals surface area contributed by atoms with Gasteiger partial charge in [-0.2, -0.15) is 0 Å². The average molecular weight is 617 g/mol. The lowest BCUT2D eigenvalue weighted by Gasteiger charge is -2.47. The molecule has 0 aliphatic carbocycles. The quantitative estimate of drug-likeness (QED) is 0.143. The SMILES string of the molecule is CCOC(=O)CCSC1C(NC(=O)C(OC(c2ccccc2)c2ccccc2)c2ccccc2)C(=O)N1C(C(=O)O)=C(C)C. The Labute approximate surface area is 261 Å². The van der Waals surface area contributed by atoms with Gasteiger partial charge < -0.3 is 19.9 Å². The lowest BCUT2D eigenvalue weighted by atomic mass is 9.99. The monoisotopic (exact) mass is 616 g/mol. The van der Waals surface area contributed by atoms with Gasteiger partial charge in [-0.05, 0) is 43.0 Å². The molecule has 3 aromatic carbocycles. The number of β-lactam (4-membered cyclic amide) rings is 1. The number of thioether (sulfide) groups is 1. The summed E-state index contributed by atoms with van der Waals surface area (Å²) in [5.41, 5.74) is 2.57. The van der Waals surface area contributed by atoms with Gasteiger partial charge in [0.05, 0.1) is 13.0 Å². The second-order valence-electron chi connectivity index (χ2n) is 10.3. The lowest BCUT2D eigenvalue weighted by molar-refractivity contribution is -0.152. The van der Waals surface area contributed by atoms with Crippen molar-refractivity contribution in [3.05, 3.63) is 119 Å². The first-order valence-corrected chi connectivity index (χ1v) is 15.4. The highest BCUT2D eigenvalue weighted by atomic mass is 32.2. The molecule has 1 aliphatic heterocycles. The van der Waals surface area contributed by atoms with Crippen molar-refractivity contribution in [3.63, 3.8) is 0 Å². The molecule has 1 saturated heterocycles. The molecule has 0 spiro atoms. The van der Waals surface area contributed by atoms with Gasteiger partial charge in [0.25, 0.3) is 11.8 Å². The summed E-state index contributed by atoms with van der Waals surface area (Å²) >= 11 is 1.21. The highest BCUT2D eigenvalue weighted by Crippen LogP contribution is 2.37. The van der Waals surface area contributed by atoms with Gasteiger partial charge in [0, 0.05) is 5.75 Å². The fourth-order valence-corrected chi connectivity index (χ4v) is 6.21. The molecule has 3 atom stereocenters. The van der Waals surface area contributed by atoms with Crippen LogP contribution in [0.3, 0.4) is 0 Å². The first-order chi connectivity index (χ1) is 21.2. The molecule has 0 bridgehead atoms. The number of benzene rings is 3. The number of nitrogens with zero attached hydrogens (tertiary/aromatic N) is 1. The van der Waals surface area contributed by atoms with E-state index in [-0.39, 0.29) is 24.5 Å². The number of aliphatic carboxylic acids is 1. The fourth-order valence-electron chi connectivity index (χ4n) is 4.95. The van der Waals surface area contributed by atoms with Gasteiger partial charge in [-0.3, -0.25) is 19.3 Å². The number of hydrogen-bond acceptors (Lipinski definition) is 7. The molecular formula is C34H36N2O7S. The standard InChI is InChI=1S/C34H36N2O7S/c1-4-42-26(37)20-21-44-33-27(32(39)36(33)28(22(2)3)34(40)41)35-31(38)30(25-18-12-7-13-19-25)43-29(23-14-8-5-9-15-23)24-16-10-6-11-17-24/h5-19,27,29-30,33H,4,20-21H2,1-3H3,(H,35,38)(H,40,41). The number of amides is 2. The number of ether oxygens (including phenoxy) is 2. The third-order valence-corrected chi connectivity index (χ3v) is 8.24. The molecule has 0 aromatic heterocycles. The van der Waals surface area contributed by atoms with Gasteiger partial charge in [0.2, 0.25) is 0 Å². The minimum atomic E-state index is -1.25. The van der Waals surface area contributed by atoms with Crippen molar-refractivity contribution >= 4 is 35.5 Å². The molecule has 2 amide bonds. The van der Waals surface area contributed by atoms with Crippen molar-refractivity contribution in [1.29, 1.82) is 0 Å². The average Bonchev–Trinajstić information content (AvgIpc) is 3.02. The number of carboxylic acid groups (broad SMARTS) is 1. The minimum absolute atomic E-state index is 0.0700. The number of carboxylic acids is 1. The number of hydrogen-bond donors (Lipinski definition) is 2. The van der Waals surface area contributed by atoms with E-state index in [2.05, 4.69) is 5.32 Å². The summed E-state index contributed by atoms with van der Waals surface area (Å²) in [4.78, 5) is 52.7. The van der Waals surface area contributed by atoms with Gasteiger partial charge in [0.1, 0.15) is 23.2 Å². The molecule has 3 unspecified atom stereocenters. The maximum atomic E-state index is 14.0. The molecule has 0 radical (unpaired) electrons. The lowest BCUT2D eigenvalue weighted by Crippen LogP contribution is -2.70. The Kier molecular flexibility index (Phi) is 11.3. The first-order valence-electron chi connectivity index (χ1n) is 14.3. The zero-order valence-corrected chi connectivity index (χ0v) is 25.7. The van der Waals surface area contributed by atoms with E-state index in [4.69, 9.17) is 9.47 Å². The molecule has 2 N–H and O–H groups in total. The third-order valence-electron chi connectivity index (χ3n) is 6.98. The van der Waals surface area contributed by atoms with E-state index in [1.54, 1.807) is 45.0 Å². The number of likely N-dealkylation sites (tertiary alicyclic amines) is 1. The molecule has 9 nitrogen and oxygen atoms in total. The predicted octanol–water partition coefficient (Wildman–Crippen LogP) is 5.25. The summed E-state index contributed by atoms with van der Waals surface area (Å²) in [6.07, 6.45) is -1.63. The van der Waals surface area contributed by atoms with E-state index < -0.39 is 47.4 Å². The number of carbonyl (C=O) groups excluding carboxylic acids is 3. The van der Waals surface area contributed by atoms with Crippen LogP contribution in [0.1, 0.15) is 56.1 Å². The fraction of sp³-hybridized carbons (Fsp3) is 0.294. The van der Waals surface area contributed by atoms with Gasteiger partial charge in [-0.15, -0.1) is 11.8 Å². The van der Waals surface area contributed by atoms with Crippen LogP contribution in [0.15, 0.2) is 102 Å². The van der Waals surface area contributed by atoms with E-state index in [9.17, 15) is 24.3 Å². The Bertz CT molecular complexity index is 1440. The highest BCUT2D eigenvalue weighted by Gasteiger charge is 2.52. The van der Waals surface area contributed by atoms with Crippen LogP contribution in [0, 0.1) is 0 Å². The molecule has 0 saturated carbocycles. The van der Waals surface area contributed by atoms with Gasteiger partial charge >= 0.3 is 11.9 Å². The molecule has 230 valence electrons. The van der Waals surface area contributed by atoms with Crippen LogP contribution < -0.4 is 5.32 Å². The summed E-state index contributed by atoms with van der Waals surface area (Å²) in [7, 11) is 0. The number of nitrogens with one attached hydrogen (secondary N) is 1. The van der Waals surface area contributed by atoms with Crippen LogP contribution in [0.4, 0.5) is 0 Å². The molecule has 1 fully saturated rings. The molecule has 4 rings (SSSR count). The second kappa shape index (κ2) is 15.4. The number of carbonyl (C=O) groups is 4. The van der Waals surface area contributed by atoms with Crippen molar-refractivity contribution < 1.29 is 33.8 Å². The minimum Gasteiger partial charge on any atom is -0.477 e. The Hall–Kier alpha value is -4.41. The highest BCUT2D eigenvalue weighted by molar-refractivity contribution is 8.00. The molecular weight excluding hydrogens is 580 g/mol. The van der Waals surface area contributed by atoms with Crippen LogP contribution in [0.25, 0.3) is 0 Å². The largest absolute Gasteiger partial charge is 0.477 e. The van der Waals surface area contributed by atoms with E-state index in [1.807, 2.05) is 66.7 Å². The van der Waals surface area contributed by atoms with E-state index in [0.29, 0.717) is 11.1 Å². The van der Waals surface area contributed by atoms with E-state index in [0.717, 1.165) is 11.1 Å². The Balaban J connectivity index is 1.63. The van der Waals surface area contributed by atoms with Crippen molar-refractivity contribution in [3.8, 4) is 0 Å². The normalized spacial score (nSPS) is 16.5.